The average molecular weight is 308 g/mol. The molecule has 0 aromatic heterocycles. The first kappa shape index (κ1) is 17.8. The number of hydrogen-bond acceptors (Lipinski definition) is 8. The normalized spacial score (nSPS) is 32.7. The number of aliphatic hydroxyl groups is 3. The summed E-state index contributed by atoms with van der Waals surface area (Å²) < 4.78 is 14.9. The van der Waals surface area contributed by atoms with Crippen LogP contribution in [0.2, 0.25) is 0 Å². The summed E-state index contributed by atoms with van der Waals surface area (Å²) >= 11 is 0. The zero-order valence-corrected chi connectivity index (χ0v) is 11.5. The second kappa shape index (κ2) is 8.25. The third kappa shape index (κ3) is 5.56. The largest absolute Gasteiger partial charge is 0.481 e. The number of carboxylic acids is 1. The van der Waals surface area contributed by atoms with Crippen LogP contribution < -0.4 is 0 Å². The number of carbonyl (C=O) groups excluding carboxylic acids is 1. The summed E-state index contributed by atoms with van der Waals surface area (Å²) in [4.78, 5) is 21.5. The summed E-state index contributed by atoms with van der Waals surface area (Å²) in [6.07, 6.45) is -6.37. The Morgan fingerprint density at radius 3 is 2.33 bits per heavy atom. The van der Waals surface area contributed by atoms with Crippen molar-refractivity contribution in [2.24, 2.45) is 0 Å². The van der Waals surface area contributed by atoms with E-state index in [0.29, 0.717) is 0 Å². The highest BCUT2D eigenvalue weighted by Gasteiger charge is 2.42. The molecule has 9 nitrogen and oxygen atoms in total. The quantitative estimate of drug-likeness (QED) is 0.402. The van der Waals surface area contributed by atoms with Gasteiger partial charge in [-0.3, -0.25) is 9.59 Å². The van der Waals surface area contributed by atoms with E-state index in [1.165, 1.54) is 6.92 Å². The van der Waals surface area contributed by atoms with E-state index in [-0.39, 0.29) is 26.1 Å². The summed E-state index contributed by atoms with van der Waals surface area (Å²) in [5.74, 6) is -1.71. The van der Waals surface area contributed by atoms with Gasteiger partial charge in [0.2, 0.25) is 0 Å². The molecule has 0 saturated carbocycles. The first-order valence-corrected chi connectivity index (χ1v) is 6.51. The Hall–Kier alpha value is -1.26. The highest BCUT2D eigenvalue weighted by molar-refractivity contribution is 5.70. The minimum Gasteiger partial charge on any atom is -0.481 e. The van der Waals surface area contributed by atoms with Crippen molar-refractivity contribution in [1.29, 1.82) is 0 Å². The summed E-state index contributed by atoms with van der Waals surface area (Å²) in [7, 11) is 0. The molecule has 1 aliphatic heterocycles. The van der Waals surface area contributed by atoms with Crippen molar-refractivity contribution in [2.45, 2.75) is 50.5 Å². The minimum atomic E-state index is -1.43. The molecule has 21 heavy (non-hydrogen) atoms. The number of carboxylic acid groups (broad SMARTS) is 1. The Labute approximate surface area is 121 Å². The van der Waals surface area contributed by atoms with Gasteiger partial charge in [0.15, 0.2) is 6.29 Å². The Kier molecular flexibility index (Phi) is 6.99. The van der Waals surface area contributed by atoms with E-state index in [2.05, 4.69) is 4.74 Å². The lowest BCUT2D eigenvalue weighted by molar-refractivity contribution is -0.293. The van der Waals surface area contributed by atoms with Crippen LogP contribution in [0.25, 0.3) is 0 Å². The molecule has 0 aliphatic carbocycles. The van der Waals surface area contributed by atoms with Crippen molar-refractivity contribution < 1.29 is 44.2 Å². The fourth-order valence-corrected chi connectivity index (χ4v) is 1.73. The standard InChI is InChI=1S/C12H20O9/c1-6-9(16)10(17)11(18)12(21-6)20-5-3-8(15)19-4-2-7(13)14/h6,9-12,16-18H,2-5H2,1H3,(H,13,14)/t6?,9-,10-,11?,12+/m0/s1. The summed E-state index contributed by atoms with van der Waals surface area (Å²) in [6.45, 7) is 1.15. The van der Waals surface area contributed by atoms with Crippen molar-refractivity contribution in [3.63, 3.8) is 0 Å². The molecule has 122 valence electrons. The zero-order valence-electron chi connectivity index (χ0n) is 11.5. The van der Waals surface area contributed by atoms with Crippen LogP contribution in [0.5, 0.6) is 0 Å². The van der Waals surface area contributed by atoms with Gasteiger partial charge in [0, 0.05) is 0 Å². The molecule has 9 heteroatoms. The lowest BCUT2D eigenvalue weighted by Gasteiger charge is -2.38. The van der Waals surface area contributed by atoms with Gasteiger partial charge >= 0.3 is 11.9 Å². The molecule has 1 aliphatic rings. The highest BCUT2D eigenvalue weighted by Crippen LogP contribution is 2.21. The van der Waals surface area contributed by atoms with Gasteiger partial charge in [-0.2, -0.15) is 0 Å². The van der Waals surface area contributed by atoms with E-state index < -0.39 is 42.6 Å². The molecule has 0 aromatic rings. The maximum absolute atomic E-state index is 11.2. The molecule has 0 aromatic carbocycles. The van der Waals surface area contributed by atoms with Crippen LogP contribution in [0.15, 0.2) is 0 Å². The third-order valence-electron chi connectivity index (χ3n) is 2.98. The predicted molar refractivity (Wildman–Crippen MR) is 66.1 cm³/mol. The SMILES string of the molecule is CC1O[C@@H](OCCC(=O)OCCC(=O)O)C(O)[C@@H](O)[C@H]1O. The predicted octanol–water partition coefficient (Wildman–Crippen LogP) is -1.76. The topological polar surface area (TPSA) is 143 Å². The fraction of sp³-hybridized carbons (Fsp3) is 0.833. The molecule has 1 rings (SSSR count). The number of aliphatic hydroxyl groups excluding tert-OH is 3. The Morgan fingerprint density at radius 1 is 1.05 bits per heavy atom. The smallest absolute Gasteiger partial charge is 0.308 e. The molecule has 0 spiro atoms. The minimum absolute atomic E-state index is 0.136. The molecule has 5 atom stereocenters. The van der Waals surface area contributed by atoms with Crippen LogP contribution in [-0.2, 0) is 23.8 Å². The first-order chi connectivity index (χ1) is 9.82. The van der Waals surface area contributed by atoms with Crippen molar-refractivity contribution in [1.82, 2.24) is 0 Å². The van der Waals surface area contributed by atoms with Gasteiger partial charge in [-0.05, 0) is 6.92 Å². The van der Waals surface area contributed by atoms with Gasteiger partial charge in [0.1, 0.15) is 24.9 Å². The zero-order chi connectivity index (χ0) is 16.0. The van der Waals surface area contributed by atoms with Gasteiger partial charge in [0.05, 0.1) is 25.6 Å². The van der Waals surface area contributed by atoms with Gasteiger partial charge in [-0.15, -0.1) is 0 Å². The highest BCUT2D eigenvalue weighted by atomic mass is 16.7. The van der Waals surface area contributed by atoms with E-state index in [1.54, 1.807) is 0 Å². The molecule has 0 radical (unpaired) electrons. The molecule has 0 bridgehead atoms. The van der Waals surface area contributed by atoms with Crippen molar-refractivity contribution in [2.75, 3.05) is 13.2 Å². The molecule has 1 heterocycles. The van der Waals surface area contributed by atoms with Gasteiger partial charge < -0.3 is 34.6 Å². The maximum Gasteiger partial charge on any atom is 0.308 e. The Balaban J connectivity index is 2.25. The number of esters is 1. The fourth-order valence-electron chi connectivity index (χ4n) is 1.73. The van der Waals surface area contributed by atoms with E-state index in [9.17, 15) is 24.9 Å². The van der Waals surface area contributed by atoms with E-state index in [4.69, 9.17) is 14.6 Å². The van der Waals surface area contributed by atoms with Crippen LogP contribution in [-0.4, -0.2) is 76.3 Å². The maximum atomic E-state index is 11.2. The van der Waals surface area contributed by atoms with Crippen LogP contribution in [0, 0.1) is 0 Å². The molecule has 1 saturated heterocycles. The lowest BCUT2D eigenvalue weighted by atomic mass is 10.0. The number of rotatable bonds is 7. The molecule has 0 amide bonds. The van der Waals surface area contributed by atoms with Crippen LogP contribution in [0.1, 0.15) is 19.8 Å². The second-order valence-electron chi connectivity index (χ2n) is 4.67. The Morgan fingerprint density at radius 2 is 1.71 bits per heavy atom. The summed E-state index contributed by atoms with van der Waals surface area (Å²) in [6, 6.07) is 0. The van der Waals surface area contributed by atoms with E-state index >= 15 is 0 Å². The second-order valence-corrected chi connectivity index (χ2v) is 4.67. The lowest BCUT2D eigenvalue weighted by Crippen LogP contribution is -2.57. The number of hydrogen-bond donors (Lipinski definition) is 4. The van der Waals surface area contributed by atoms with Gasteiger partial charge in [-0.1, -0.05) is 0 Å². The van der Waals surface area contributed by atoms with Crippen molar-refractivity contribution in [3.8, 4) is 0 Å². The summed E-state index contributed by atoms with van der Waals surface area (Å²) in [5, 5.41) is 37.1. The molecule has 2 unspecified atom stereocenters. The molecule has 1 fully saturated rings. The molecular weight excluding hydrogens is 288 g/mol. The summed E-state index contributed by atoms with van der Waals surface area (Å²) in [5.41, 5.74) is 0. The van der Waals surface area contributed by atoms with Crippen LogP contribution in [0.4, 0.5) is 0 Å². The van der Waals surface area contributed by atoms with Crippen molar-refractivity contribution >= 4 is 11.9 Å². The van der Waals surface area contributed by atoms with Gasteiger partial charge in [-0.25, -0.2) is 0 Å². The van der Waals surface area contributed by atoms with Crippen LogP contribution >= 0.6 is 0 Å². The van der Waals surface area contributed by atoms with Gasteiger partial charge in [0.25, 0.3) is 0 Å². The monoisotopic (exact) mass is 308 g/mol. The molecular formula is C12H20O9. The third-order valence-corrected chi connectivity index (χ3v) is 2.98. The van der Waals surface area contributed by atoms with E-state index in [0.717, 1.165) is 0 Å². The number of carbonyl (C=O) groups is 2. The Bertz CT molecular complexity index is 359. The number of ether oxygens (including phenoxy) is 3. The van der Waals surface area contributed by atoms with E-state index in [1.807, 2.05) is 0 Å². The molecule has 4 N–H and O–H groups in total. The average Bonchev–Trinajstić information content (AvgIpc) is 2.41. The first-order valence-electron chi connectivity index (χ1n) is 6.51. The van der Waals surface area contributed by atoms with Crippen molar-refractivity contribution in [3.05, 3.63) is 0 Å². The number of aliphatic carboxylic acids is 1. The van der Waals surface area contributed by atoms with Crippen LogP contribution in [0.3, 0.4) is 0 Å².